The first-order chi connectivity index (χ1) is 22.7. The number of amides is 2. The summed E-state index contributed by atoms with van der Waals surface area (Å²) < 4.78 is 61.3. The molecule has 0 bridgehead atoms. The number of hydrogen-bond donors (Lipinski definition) is 2. The average Bonchev–Trinajstić information content (AvgIpc) is 3.39. The van der Waals surface area contributed by atoms with E-state index in [1.165, 1.54) is 55.6 Å². The molecule has 0 spiro atoms. The summed E-state index contributed by atoms with van der Waals surface area (Å²) in [6.07, 6.45) is 0.236. The van der Waals surface area contributed by atoms with Gasteiger partial charge in [-0.1, -0.05) is 6.07 Å². The number of aromatic nitrogens is 1. The molecule has 17 heteroatoms. The zero-order chi connectivity index (χ0) is 35.2. The fraction of sp³-hybridized carbons (Fsp3) is 0.258. The molecule has 4 aromatic rings. The maximum atomic E-state index is 14.9. The van der Waals surface area contributed by atoms with Crippen LogP contribution in [0, 0.1) is 21.7 Å². The second-order valence-electron chi connectivity index (χ2n) is 10.5. The molecule has 0 radical (unpaired) electrons. The largest absolute Gasteiger partial charge is 0.449 e. The number of non-ortho nitro benzene ring substituents is 1. The number of halogens is 2. The Morgan fingerprint density at radius 3 is 2.21 bits per heavy atom. The number of anilines is 3. The molecular weight excluding hydrogens is 671 g/mol. The second-order valence-corrected chi connectivity index (χ2v) is 13.5. The summed E-state index contributed by atoms with van der Waals surface area (Å²) in [4.78, 5) is 45.7. The van der Waals surface area contributed by atoms with E-state index in [0.29, 0.717) is 16.0 Å². The highest BCUT2D eigenvalue weighted by atomic mass is 32.2. The molecule has 2 N–H and O–H groups in total. The van der Waals surface area contributed by atoms with Crippen molar-refractivity contribution in [2.24, 2.45) is 0 Å². The van der Waals surface area contributed by atoms with Gasteiger partial charge in [-0.05, 0) is 75.5 Å². The third kappa shape index (κ3) is 8.47. The number of pyridine rings is 1. The number of sulfonamides is 1. The van der Waals surface area contributed by atoms with Crippen LogP contribution in [0.2, 0.25) is 0 Å². The quantitative estimate of drug-likeness (QED) is 0.121. The SMILES string of the molecule is CCOC(=O)N(Cc1c(F)cccc1F)c1sc(-c2ccc([N+](=O)[O-])cc2)c(CN(C)C)c1C(=O)Nc1ccc(NS(=O)(=O)CC)cn1. The number of carbonyl (C=O) groups excluding carboxylic acids is 2. The van der Waals surface area contributed by atoms with Crippen LogP contribution in [0.1, 0.15) is 35.3 Å². The average molecular weight is 703 g/mol. The van der Waals surface area contributed by atoms with E-state index in [0.717, 1.165) is 28.4 Å². The predicted molar refractivity (Wildman–Crippen MR) is 179 cm³/mol. The normalized spacial score (nSPS) is 11.3. The van der Waals surface area contributed by atoms with Crippen molar-refractivity contribution in [3.8, 4) is 10.4 Å². The van der Waals surface area contributed by atoms with E-state index >= 15 is 0 Å². The third-order valence-corrected chi connectivity index (χ3v) is 9.41. The zero-order valence-corrected chi connectivity index (χ0v) is 28.0. The minimum atomic E-state index is -3.58. The van der Waals surface area contributed by atoms with Crippen LogP contribution in [0.15, 0.2) is 60.8 Å². The first kappa shape index (κ1) is 35.8. The first-order valence-electron chi connectivity index (χ1n) is 14.4. The van der Waals surface area contributed by atoms with Gasteiger partial charge in [-0.25, -0.2) is 27.0 Å². The highest BCUT2D eigenvalue weighted by Crippen LogP contribution is 2.44. The Morgan fingerprint density at radius 1 is 1.00 bits per heavy atom. The number of nitrogens with one attached hydrogen (secondary N) is 2. The van der Waals surface area contributed by atoms with Crippen LogP contribution >= 0.6 is 11.3 Å². The Morgan fingerprint density at radius 2 is 1.67 bits per heavy atom. The molecule has 0 aliphatic rings. The summed E-state index contributed by atoms with van der Waals surface area (Å²) in [5.41, 5.74) is 0.408. The van der Waals surface area contributed by atoms with Crippen molar-refractivity contribution < 1.29 is 36.4 Å². The topological polar surface area (TPSA) is 164 Å². The number of benzene rings is 2. The molecule has 254 valence electrons. The zero-order valence-electron chi connectivity index (χ0n) is 26.3. The summed E-state index contributed by atoms with van der Waals surface area (Å²) in [5, 5.41) is 14.0. The van der Waals surface area contributed by atoms with Crippen molar-refractivity contribution in [3.63, 3.8) is 0 Å². The van der Waals surface area contributed by atoms with Crippen LogP contribution < -0.4 is 14.9 Å². The summed E-state index contributed by atoms with van der Waals surface area (Å²) in [6.45, 7) is 2.45. The van der Waals surface area contributed by atoms with E-state index < -0.39 is 50.7 Å². The van der Waals surface area contributed by atoms with Crippen LogP contribution in [0.4, 0.5) is 35.8 Å². The summed E-state index contributed by atoms with van der Waals surface area (Å²) in [6, 6.07) is 11.6. The number of thiophene rings is 1. The standard InChI is InChI=1S/C31H32F2N6O7S2/c1-5-46-31(41)38(18-22-24(32)8-7-9-25(22)33)30-27(29(40)35-26-15-12-20(16-34-26)36-48(44,45)6-2)23(17-37(3)4)28(47-30)19-10-13-21(14-11-19)39(42)43/h7-16,36H,5-6,17-18H2,1-4H3,(H,34,35,40). The van der Waals surface area contributed by atoms with Crippen molar-refractivity contribution in [1.82, 2.24) is 9.88 Å². The Bertz CT molecular complexity index is 1900. The maximum absolute atomic E-state index is 14.9. The molecule has 13 nitrogen and oxygen atoms in total. The van der Waals surface area contributed by atoms with Gasteiger partial charge in [-0.15, -0.1) is 11.3 Å². The number of rotatable bonds is 13. The molecule has 0 aliphatic heterocycles. The molecular formula is C31H32F2N6O7S2. The lowest BCUT2D eigenvalue weighted by atomic mass is 10.0. The third-order valence-electron chi connectivity index (χ3n) is 6.80. The van der Waals surface area contributed by atoms with E-state index in [1.807, 2.05) is 0 Å². The van der Waals surface area contributed by atoms with Gasteiger partial charge in [0.05, 0.1) is 41.3 Å². The Hall–Kier alpha value is -5.00. The van der Waals surface area contributed by atoms with Gasteiger partial charge in [0.2, 0.25) is 10.0 Å². The van der Waals surface area contributed by atoms with Crippen molar-refractivity contribution in [2.75, 3.05) is 41.4 Å². The number of nitro benzene ring substituents is 1. The molecule has 2 heterocycles. The van der Waals surface area contributed by atoms with Gasteiger partial charge in [-0.2, -0.15) is 0 Å². The van der Waals surface area contributed by atoms with E-state index in [2.05, 4.69) is 15.0 Å². The van der Waals surface area contributed by atoms with Crippen LogP contribution in [0.3, 0.4) is 0 Å². The number of ether oxygens (including phenoxy) is 1. The Labute approximate surface area is 279 Å². The number of carbonyl (C=O) groups is 2. The van der Waals surface area contributed by atoms with Gasteiger partial charge >= 0.3 is 6.09 Å². The van der Waals surface area contributed by atoms with Crippen LogP contribution in [-0.2, 0) is 27.8 Å². The summed E-state index contributed by atoms with van der Waals surface area (Å²) in [5.74, 6) is -2.71. The molecule has 0 fully saturated rings. The van der Waals surface area contributed by atoms with Crippen molar-refractivity contribution in [3.05, 3.63) is 99.2 Å². The second kappa shape index (κ2) is 15.3. The van der Waals surface area contributed by atoms with Gasteiger partial charge < -0.3 is 15.0 Å². The maximum Gasteiger partial charge on any atom is 0.415 e. The minimum absolute atomic E-state index is 0.00821. The molecule has 48 heavy (non-hydrogen) atoms. The molecule has 0 saturated heterocycles. The molecule has 4 rings (SSSR count). The van der Waals surface area contributed by atoms with Gasteiger partial charge in [-0.3, -0.25) is 24.5 Å². The summed E-state index contributed by atoms with van der Waals surface area (Å²) >= 11 is 0.965. The monoisotopic (exact) mass is 702 g/mol. The molecule has 2 aromatic heterocycles. The highest BCUT2D eigenvalue weighted by molar-refractivity contribution is 7.92. The van der Waals surface area contributed by atoms with Gasteiger partial charge in [0.15, 0.2) is 0 Å². The molecule has 0 saturated carbocycles. The van der Waals surface area contributed by atoms with Crippen LogP contribution in [0.25, 0.3) is 10.4 Å². The van der Waals surface area contributed by atoms with Gasteiger partial charge in [0.25, 0.3) is 11.6 Å². The smallest absolute Gasteiger partial charge is 0.415 e. The van der Waals surface area contributed by atoms with E-state index in [9.17, 15) is 36.9 Å². The molecule has 0 unspecified atom stereocenters. The van der Waals surface area contributed by atoms with Gasteiger partial charge in [0, 0.05) is 29.1 Å². The summed E-state index contributed by atoms with van der Waals surface area (Å²) in [7, 11) is -0.0923. The van der Waals surface area contributed by atoms with E-state index in [4.69, 9.17) is 4.74 Å². The molecule has 0 aliphatic carbocycles. The van der Waals surface area contributed by atoms with Crippen LogP contribution in [0.5, 0.6) is 0 Å². The highest BCUT2D eigenvalue weighted by Gasteiger charge is 2.33. The Kier molecular flexibility index (Phi) is 11.4. The van der Waals surface area contributed by atoms with Crippen molar-refractivity contribution in [1.29, 1.82) is 0 Å². The van der Waals surface area contributed by atoms with Gasteiger partial charge in [0.1, 0.15) is 22.5 Å². The first-order valence-corrected chi connectivity index (χ1v) is 16.9. The predicted octanol–water partition coefficient (Wildman–Crippen LogP) is 6.24. The number of nitrogens with zero attached hydrogens (tertiary/aromatic N) is 4. The number of hydrogen-bond acceptors (Lipinski definition) is 10. The molecule has 2 aromatic carbocycles. The fourth-order valence-corrected chi connectivity index (χ4v) is 6.46. The van der Waals surface area contributed by atoms with Crippen molar-refractivity contribution in [2.45, 2.75) is 26.9 Å². The number of nitro groups is 1. The fourth-order valence-electron chi connectivity index (χ4n) is 4.53. The molecule has 2 amide bonds. The minimum Gasteiger partial charge on any atom is -0.449 e. The van der Waals surface area contributed by atoms with E-state index in [-0.39, 0.29) is 46.7 Å². The lowest BCUT2D eigenvalue weighted by Crippen LogP contribution is -2.33. The van der Waals surface area contributed by atoms with Crippen molar-refractivity contribution >= 4 is 55.6 Å². The van der Waals surface area contributed by atoms with E-state index in [1.54, 1.807) is 25.9 Å². The lowest BCUT2D eigenvalue weighted by molar-refractivity contribution is -0.384. The molecule has 0 atom stereocenters. The van der Waals surface area contributed by atoms with Crippen LogP contribution in [-0.4, -0.2) is 61.7 Å². The lowest BCUT2D eigenvalue weighted by Gasteiger charge is -2.23. The Balaban J connectivity index is 1.91.